The summed E-state index contributed by atoms with van der Waals surface area (Å²) >= 11 is 3.41. The standard InChI is InChI=1S/C17H13BrN2O3/c1-17(2)22-12-7-6-11-14(15(12)23-17)20-16(21)13(19-11)9-4-3-5-10(18)8-9/h3-8H,1-2H3,(H,20,21). The molecule has 5 nitrogen and oxygen atoms in total. The highest BCUT2D eigenvalue weighted by atomic mass is 79.9. The van der Waals surface area contributed by atoms with Gasteiger partial charge in [0, 0.05) is 23.9 Å². The molecular formula is C17H13BrN2O3. The minimum atomic E-state index is -0.754. The van der Waals surface area contributed by atoms with Crippen LogP contribution in [0.4, 0.5) is 0 Å². The molecule has 1 aliphatic rings. The monoisotopic (exact) mass is 372 g/mol. The van der Waals surface area contributed by atoms with Crippen molar-refractivity contribution in [1.82, 2.24) is 9.97 Å². The van der Waals surface area contributed by atoms with E-state index in [-0.39, 0.29) is 5.56 Å². The second kappa shape index (κ2) is 4.83. The molecule has 2 heterocycles. The molecule has 0 fully saturated rings. The fourth-order valence-electron chi connectivity index (χ4n) is 2.66. The Kier molecular flexibility index (Phi) is 2.99. The number of hydrogen-bond acceptors (Lipinski definition) is 4. The molecule has 3 aromatic rings. The molecule has 0 bridgehead atoms. The van der Waals surface area contributed by atoms with Crippen molar-refractivity contribution >= 4 is 27.0 Å². The summed E-state index contributed by atoms with van der Waals surface area (Å²) in [6, 6.07) is 11.1. The van der Waals surface area contributed by atoms with E-state index in [1.165, 1.54) is 0 Å². The van der Waals surface area contributed by atoms with Crippen molar-refractivity contribution in [1.29, 1.82) is 0 Å². The zero-order chi connectivity index (χ0) is 16.2. The maximum Gasteiger partial charge on any atom is 0.275 e. The highest BCUT2D eigenvalue weighted by Gasteiger charge is 2.33. The van der Waals surface area contributed by atoms with Gasteiger partial charge in [0.05, 0.1) is 5.52 Å². The topological polar surface area (TPSA) is 64.2 Å². The van der Waals surface area contributed by atoms with E-state index in [0.29, 0.717) is 28.2 Å². The summed E-state index contributed by atoms with van der Waals surface area (Å²) in [6.07, 6.45) is 0. The first-order valence-electron chi connectivity index (χ1n) is 7.14. The molecular weight excluding hydrogens is 360 g/mol. The second-order valence-electron chi connectivity index (χ2n) is 5.82. The van der Waals surface area contributed by atoms with E-state index in [4.69, 9.17) is 9.47 Å². The fourth-order valence-corrected chi connectivity index (χ4v) is 3.05. The number of H-pyrrole nitrogens is 1. The molecule has 6 heteroatoms. The van der Waals surface area contributed by atoms with E-state index < -0.39 is 5.79 Å². The van der Waals surface area contributed by atoms with Gasteiger partial charge in [-0.2, -0.15) is 0 Å². The zero-order valence-corrected chi connectivity index (χ0v) is 14.1. The van der Waals surface area contributed by atoms with Crippen LogP contribution in [-0.4, -0.2) is 15.8 Å². The average Bonchev–Trinajstić information content (AvgIpc) is 2.81. The molecule has 0 saturated carbocycles. The molecule has 0 unspecified atom stereocenters. The van der Waals surface area contributed by atoms with Gasteiger partial charge >= 0.3 is 0 Å². The molecule has 0 radical (unpaired) electrons. The van der Waals surface area contributed by atoms with E-state index in [1.807, 2.05) is 50.2 Å². The van der Waals surface area contributed by atoms with Gasteiger partial charge in [-0.1, -0.05) is 28.1 Å². The van der Waals surface area contributed by atoms with E-state index in [1.54, 1.807) is 0 Å². The van der Waals surface area contributed by atoms with Crippen LogP contribution in [0, 0.1) is 0 Å². The van der Waals surface area contributed by atoms with Gasteiger partial charge in [-0.05, 0) is 24.3 Å². The van der Waals surface area contributed by atoms with Crippen LogP contribution in [0.3, 0.4) is 0 Å². The van der Waals surface area contributed by atoms with E-state index in [0.717, 1.165) is 10.0 Å². The number of nitrogens with one attached hydrogen (secondary N) is 1. The smallest absolute Gasteiger partial charge is 0.275 e. The SMILES string of the molecule is CC1(C)Oc2ccc3nc(-c4cccc(Br)c4)c(=O)[nH]c3c2O1. The summed E-state index contributed by atoms with van der Waals surface area (Å²) in [7, 11) is 0. The van der Waals surface area contributed by atoms with Crippen LogP contribution in [-0.2, 0) is 0 Å². The molecule has 23 heavy (non-hydrogen) atoms. The predicted molar refractivity (Wildman–Crippen MR) is 90.8 cm³/mol. The molecule has 0 amide bonds. The third kappa shape index (κ3) is 2.39. The third-order valence-corrected chi connectivity index (χ3v) is 4.08. The van der Waals surface area contributed by atoms with Crippen LogP contribution in [0.5, 0.6) is 11.5 Å². The Labute approximate surface area is 140 Å². The Morgan fingerprint density at radius 3 is 2.78 bits per heavy atom. The van der Waals surface area contributed by atoms with Crippen molar-refractivity contribution in [3.8, 4) is 22.8 Å². The summed E-state index contributed by atoms with van der Waals surface area (Å²) in [5, 5.41) is 0. The van der Waals surface area contributed by atoms with Gasteiger partial charge in [0.1, 0.15) is 11.2 Å². The first kappa shape index (κ1) is 14.3. The number of nitrogens with zero attached hydrogens (tertiary/aromatic N) is 1. The average molecular weight is 373 g/mol. The van der Waals surface area contributed by atoms with Crippen molar-refractivity contribution in [3.63, 3.8) is 0 Å². The molecule has 2 aromatic carbocycles. The van der Waals surface area contributed by atoms with Gasteiger partial charge in [0.25, 0.3) is 5.56 Å². The van der Waals surface area contributed by atoms with Gasteiger partial charge in [-0.3, -0.25) is 4.79 Å². The zero-order valence-electron chi connectivity index (χ0n) is 12.5. The molecule has 1 N–H and O–H groups in total. The number of hydrogen-bond donors (Lipinski definition) is 1. The molecule has 0 aliphatic carbocycles. The predicted octanol–water partition coefficient (Wildman–Crippen LogP) is 3.86. The third-order valence-electron chi connectivity index (χ3n) is 3.59. The molecule has 4 rings (SSSR count). The number of aromatic amines is 1. The number of halogens is 1. The second-order valence-corrected chi connectivity index (χ2v) is 6.73. The van der Waals surface area contributed by atoms with E-state index in [2.05, 4.69) is 25.9 Å². The summed E-state index contributed by atoms with van der Waals surface area (Å²) < 4.78 is 12.4. The molecule has 0 atom stereocenters. The van der Waals surface area contributed by atoms with Gasteiger partial charge in [-0.25, -0.2) is 4.98 Å². The molecule has 1 aromatic heterocycles. The molecule has 116 valence electrons. The van der Waals surface area contributed by atoms with Crippen LogP contribution in [0.2, 0.25) is 0 Å². The summed E-state index contributed by atoms with van der Waals surface area (Å²) in [5.74, 6) is 0.379. The Bertz CT molecular complexity index is 995. The quantitative estimate of drug-likeness (QED) is 0.704. The fraction of sp³-hybridized carbons (Fsp3) is 0.176. The van der Waals surface area contributed by atoms with Gasteiger partial charge in [-0.15, -0.1) is 0 Å². The van der Waals surface area contributed by atoms with Crippen molar-refractivity contribution in [2.45, 2.75) is 19.6 Å². The van der Waals surface area contributed by atoms with E-state index >= 15 is 0 Å². The largest absolute Gasteiger partial charge is 0.449 e. The first-order chi connectivity index (χ1) is 10.9. The van der Waals surface area contributed by atoms with Gasteiger partial charge in [0.2, 0.25) is 5.79 Å². The maximum atomic E-state index is 12.5. The highest BCUT2D eigenvalue weighted by molar-refractivity contribution is 9.10. The summed E-state index contributed by atoms with van der Waals surface area (Å²) in [6.45, 7) is 3.64. The summed E-state index contributed by atoms with van der Waals surface area (Å²) in [5.41, 5.74) is 2.06. The van der Waals surface area contributed by atoms with Crippen LogP contribution in [0.1, 0.15) is 13.8 Å². The van der Waals surface area contributed by atoms with Gasteiger partial charge in [0.15, 0.2) is 11.5 Å². The van der Waals surface area contributed by atoms with Gasteiger partial charge < -0.3 is 14.5 Å². The lowest BCUT2D eigenvalue weighted by Gasteiger charge is -2.16. The minimum Gasteiger partial charge on any atom is -0.449 e. The van der Waals surface area contributed by atoms with Crippen molar-refractivity contribution < 1.29 is 9.47 Å². The Balaban J connectivity index is 1.94. The first-order valence-corrected chi connectivity index (χ1v) is 7.93. The minimum absolute atomic E-state index is 0.266. The van der Waals surface area contributed by atoms with Crippen LogP contribution < -0.4 is 15.0 Å². The van der Waals surface area contributed by atoms with Crippen LogP contribution in [0.15, 0.2) is 45.7 Å². The molecule has 1 aliphatic heterocycles. The highest BCUT2D eigenvalue weighted by Crippen LogP contribution is 2.43. The van der Waals surface area contributed by atoms with Crippen molar-refractivity contribution in [2.24, 2.45) is 0 Å². The number of aromatic nitrogens is 2. The Morgan fingerprint density at radius 2 is 2.00 bits per heavy atom. The number of fused-ring (bicyclic) bond motifs is 3. The lowest BCUT2D eigenvalue weighted by molar-refractivity contribution is -0.0426. The number of ether oxygens (including phenoxy) is 2. The molecule has 0 spiro atoms. The summed E-state index contributed by atoms with van der Waals surface area (Å²) in [4.78, 5) is 19.9. The Hall–Kier alpha value is -2.34. The van der Waals surface area contributed by atoms with Crippen LogP contribution in [0.25, 0.3) is 22.3 Å². The maximum absolute atomic E-state index is 12.5. The van der Waals surface area contributed by atoms with Crippen LogP contribution >= 0.6 is 15.9 Å². The Morgan fingerprint density at radius 1 is 1.17 bits per heavy atom. The number of benzene rings is 2. The number of rotatable bonds is 1. The van der Waals surface area contributed by atoms with E-state index in [9.17, 15) is 4.79 Å². The lowest BCUT2D eigenvalue weighted by Crippen LogP contribution is -2.29. The molecule has 0 saturated heterocycles. The lowest BCUT2D eigenvalue weighted by atomic mass is 10.1. The van der Waals surface area contributed by atoms with Crippen molar-refractivity contribution in [2.75, 3.05) is 0 Å². The normalized spacial score (nSPS) is 15.1. The van der Waals surface area contributed by atoms with Crippen molar-refractivity contribution in [3.05, 3.63) is 51.2 Å².